The van der Waals surface area contributed by atoms with E-state index in [4.69, 9.17) is 16.3 Å². The molecule has 116 valence electrons. The topological polar surface area (TPSA) is 50.4 Å². The van der Waals surface area contributed by atoms with E-state index in [0.717, 1.165) is 4.47 Å². The monoisotopic (exact) mass is 386 g/mol. The molecule has 0 aliphatic rings. The molecular formula is C15H13BrClFN2O2. The summed E-state index contributed by atoms with van der Waals surface area (Å²) in [7, 11) is 0. The van der Waals surface area contributed by atoms with Crippen LogP contribution in [0.25, 0.3) is 0 Å². The second kappa shape index (κ2) is 8.00. The highest BCUT2D eigenvalue weighted by Crippen LogP contribution is 2.23. The lowest BCUT2D eigenvalue weighted by Crippen LogP contribution is -2.32. The van der Waals surface area contributed by atoms with E-state index >= 15 is 0 Å². The lowest BCUT2D eigenvalue weighted by Gasteiger charge is -2.10. The fourth-order valence-electron chi connectivity index (χ4n) is 1.64. The molecule has 2 aromatic carbocycles. The summed E-state index contributed by atoms with van der Waals surface area (Å²) in [5, 5.41) is 5.14. The molecule has 2 amide bonds. The number of benzene rings is 2. The number of ether oxygens (including phenoxy) is 1. The molecule has 2 rings (SSSR count). The molecule has 0 fully saturated rings. The van der Waals surface area contributed by atoms with Gasteiger partial charge in [0, 0.05) is 5.69 Å². The zero-order valence-corrected chi connectivity index (χ0v) is 13.7. The van der Waals surface area contributed by atoms with Crippen LogP contribution in [0.2, 0.25) is 5.02 Å². The predicted octanol–water partition coefficient (Wildman–Crippen LogP) is 4.44. The molecule has 7 heteroatoms. The molecule has 0 unspecified atom stereocenters. The highest BCUT2D eigenvalue weighted by atomic mass is 79.9. The number of carbonyl (C=O) groups excluding carboxylic acids is 1. The Labute approximate surface area is 140 Å². The van der Waals surface area contributed by atoms with Gasteiger partial charge in [-0.15, -0.1) is 0 Å². The minimum absolute atomic E-state index is 0.0462. The van der Waals surface area contributed by atoms with Gasteiger partial charge in [-0.05, 0) is 46.3 Å². The van der Waals surface area contributed by atoms with Crippen molar-refractivity contribution in [3.63, 3.8) is 0 Å². The molecule has 4 nitrogen and oxygen atoms in total. The maximum absolute atomic E-state index is 13.0. The largest absolute Gasteiger partial charge is 0.491 e. The number of rotatable bonds is 5. The van der Waals surface area contributed by atoms with Crippen molar-refractivity contribution in [1.82, 2.24) is 5.32 Å². The Kier molecular flexibility index (Phi) is 6.03. The highest BCUT2D eigenvalue weighted by molar-refractivity contribution is 9.10. The lowest BCUT2D eigenvalue weighted by atomic mass is 10.3. The Hall–Kier alpha value is -1.79. The van der Waals surface area contributed by atoms with E-state index in [1.54, 1.807) is 0 Å². The molecule has 0 aliphatic carbocycles. The molecule has 2 N–H and O–H groups in total. The fraction of sp³-hybridized carbons (Fsp3) is 0.133. The van der Waals surface area contributed by atoms with Crippen molar-refractivity contribution >= 4 is 39.2 Å². The standard InChI is InChI=1S/C15H13BrClFN2O2/c16-11-3-1-2-4-14(11)22-8-7-19-15(21)20-10-5-6-13(18)12(17)9-10/h1-6,9H,7-8H2,(H2,19,20,21). The summed E-state index contributed by atoms with van der Waals surface area (Å²) in [6, 6.07) is 11.0. The third-order valence-electron chi connectivity index (χ3n) is 2.66. The number of hydrogen-bond donors (Lipinski definition) is 2. The third-order valence-corrected chi connectivity index (χ3v) is 3.60. The molecule has 0 atom stereocenters. The van der Waals surface area contributed by atoms with Crippen molar-refractivity contribution in [2.75, 3.05) is 18.5 Å². The number of hydrogen-bond acceptors (Lipinski definition) is 2. The van der Waals surface area contributed by atoms with Gasteiger partial charge < -0.3 is 15.4 Å². The molecule has 2 aromatic rings. The second-order valence-electron chi connectivity index (χ2n) is 4.29. The van der Waals surface area contributed by atoms with Gasteiger partial charge in [-0.2, -0.15) is 0 Å². The van der Waals surface area contributed by atoms with Crippen molar-refractivity contribution in [3.05, 3.63) is 57.8 Å². The Balaban J connectivity index is 1.74. The van der Waals surface area contributed by atoms with Crippen LogP contribution >= 0.6 is 27.5 Å². The van der Waals surface area contributed by atoms with Gasteiger partial charge in [0.2, 0.25) is 0 Å². The van der Waals surface area contributed by atoms with Crippen LogP contribution in [0, 0.1) is 5.82 Å². The molecule has 0 spiro atoms. The summed E-state index contributed by atoms with van der Waals surface area (Å²) in [5.74, 6) is 0.171. The molecule has 0 aromatic heterocycles. The molecule has 0 radical (unpaired) electrons. The van der Waals surface area contributed by atoms with Crippen LogP contribution in [0.15, 0.2) is 46.9 Å². The summed E-state index contributed by atoms with van der Waals surface area (Å²) in [6.45, 7) is 0.641. The predicted molar refractivity (Wildman–Crippen MR) is 88.1 cm³/mol. The average Bonchev–Trinajstić information content (AvgIpc) is 2.49. The Morgan fingerprint density at radius 1 is 1.27 bits per heavy atom. The van der Waals surface area contributed by atoms with Gasteiger partial charge in [-0.3, -0.25) is 0 Å². The van der Waals surface area contributed by atoms with Crippen LogP contribution in [0.5, 0.6) is 5.75 Å². The number of amides is 2. The first-order valence-corrected chi connectivity index (χ1v) is 7.60. The van der Waals surface area contributed by atoms with E-state index in [9.17, 15) is 9.18 Å². The third kappa shape index (κ3) is 4.89. The molecule has 0 saturated heterocycles. The number of urea groups is 1. The van der Waals surface area contributed by atoms with Gasteiger partial charge in [-0.25, -0.2) is 9.18 Å². The summed E-state index contributed by atoms with van der Waals surface area (Å²) in [5.41, 5.74) is 0.413. The first-order chi connectivity index (χ1) is 10.6. The summed E-state index contributed by atoms with van der Waals surface area (Å²) in [6.07, 6.45) is 0. The number of carbonyl (C=O) groups is 1. The van der Waals surface area contributed by atoms with E-state index in [1.807, 2.05) is 24.3 Å². The van der Waals surface area contributed by atoms with Crippen LogP contribution < -0.4 is 15.4 Å². The number of halogens is 3. The van der Waals surface area contributed by atoms with E-state index in [1.165, 1.54) is 18.2 Å². The second-order valence-corrected chi connectivity index (χ2v) is 5.55. The fourth-order valence-corrected chi connectivity index (χ4v) is 2.22. The normalized spacial score (nSPS) is 10.1. The maximum Gasteiger partial charge on any atom is 0.319 e. The quantitative estimate of drug-likeness (QED) is 0.745. The van der Waals surface area contributed by atoms with Crippen molar-refractivity contribution in [2.45, 2.75) is 0 Å². The van der Waals surface area contributed by atoms with Crippen LogP contribution in [-0.2, 0) is 0 Å². The van der Waals surface area contributed by atoms with Crippen LogP contribution in [0.3, 0.4) is 0 Å². The summed E-state index contributed by atoms with van der Waals surface area (Å²) >= 11 is 9.00. The van der Waals surface area contributed by atoms with Crippen molar-refractivity contribution in [1.29, 1.82) is 0 Å². The van der Waals surface area contributed by atoms with Crippen molar-refractivity contribution in [3.8, 4) is 5.75 Å². The van der Waals surface area contributed by atoms with Gasteiger partial charge in [-0.1, -0.05) is 23.7 Å². The molecular weight excluding hydrogens is 375 g/mol. The molecule has 0 heterocycles. The van der Waals surface area contributed by atoms with Gasteiger partial charge in [0.15, 0.2) is 0 Å². The minimum atomic E-state index is -0.533. The molecule has 0 bridgehead atoms. The SMILES string of the molecule is O=C(NCCOc1ccccc1Br)Nc1ccc(F)c(Cl)c1. The Morgan fingerprint density at radius 2 is 2.05 bits per heavy atom. The summed E-state index contributed by atoms with van der Waals surface area (Å²) < 4.78 is 19.4. The van der Waals surface area contributed by atoms with E-state index in [2.05, 4.69) is 26.6 Å². The molecule has 0 aliphatic heterocycles. The van der Waals surface area contributed by atoms with Gasteiger partial charge >= 0.3 is 6.03 Å². The Bertz CT molecular complexity index is 670. The number of anilines is 1. The number of para-hydroxylation sites is 1. The average molecular weight is 388 g/mol. The maximum atomic E-state index is 13.0. The van der Waals surface area contributed by atoms with E-state index < -0.39 is 11.8 Å². The first kappa shape index (κ1) is 16.6. The first-order valence-electron chi connectivity index (χ1n) is 6.43. The van der Waals surface area contributed by atoms with E-state index in [-0.39, 0.29) is 5.02 Å². The zero-order chi connectivity index (χ0) is 15.9. The van der Waals surface area contributed by atoms with Crippen LogP contribution in [0.4, 0.5) is 14.9 Å². The van der Waals surface area contributed by atoms with Crippen LogP contribution in [0.1, 0.15) is 0 Å². The zero-order valence-electron chi connectivity index (χ0n) is 11.4. The summed E-state index contributed by atoms with van der Waals surface area (Å²) in [4.78, 5) is 11.7. The Morgan fingerprint density at radius 3 is 2.77 bits per heavy atom. The molecule has 22 heavy (non-hydrogen) atoms. The van der Waals surface area contributed by atoms with Crippen molar-refractivity contribution < 1.29 is 13.9 Å². The lowest BCUT2D eigenvalue weighted by molar-refractivity contribution is 0.247. The smallest absolute Gasteiger partial charge is 0.319 e. The van der Waals surface area contributed by atoms with Gasteiger partial charge in [0.1, 0.15) is 18.2 Å². The minimum Gasteiger partial charge on any atom is -0.491 e. The highest BCUT2D eigenvalue weighted by Gasteiger charge is 2.05. The van der Waals surface area contributed by atoms with Crippen molar-refractivity contribution in [2.24, 2.45) is 0 Å². The van der Waals surface area contributed by atoms with Gasteiger partial charge in [0.05, 0.1) is 16.0 Å². The molecule has 0 saturated carbocycles. The van der Waals surface area contributed by atoms with Crippen LogP contribution in [-0.4, -0.2) is 19.2 Å². The van der Waals surface area contributed by atoms with Gasteiger partial charge in [0.25, 0.3) is 0 Å². The van der Waals surface area contributed by atoms with E-state index in [0.29, 0.717) is 24.6 Å². The number of nitrogens with one attached hydrogen (secondary N) is 2.